The van der Waals surface area contributed by atoms with Gasteiger partial charge in [-0.2, -0.15) is 0 Å². The smallest absolute Gasteiger partial charge is 0.309 e. The molecule has 0 aromatic rings. The highest BCUT2D eigenvalue weighted by atomic mass is 16.5. The van der Waals surface area contributed by atoms with Crippen molar-refractivity contribution in [3.8, 4) is 0 Å². The topological polar surface area (TPSA) is 52.6 Å². The average molecular weight is 1080 g/mol. The second kappa shape index (κ2) is 33.1. The van der Waals surface area contributed by atoms with E-state index in [-0.39, 0.29) is 109 Å². The molecule has 16 unspecified atom stereocenters. The molecule has 0 spiro atoms. The van der Waals surface area contributed by atoms with Crippen LogP contribution in [0, 0.1) is 92.7 Å². The van der Waals surface area contributed by atoms with Crippen molar-refractivity contribution >= 4 is 11.9 Å². The molecule has 77 heavy (non-hydrogen) atoms. The fourth-order valence-corrected chi connectivity index (χ4v) is 18.6. The molecular formula is C73H140O4. The first-order valence-corrected chi connectivity index (χ1v) is 29.0. The van der Waals surface area contributed by atoms with Crippen molar-refractivity contribution in [3.63, 3.8) is 0 Å². The third-order valence-corrected chi connectivity index (χ3v) is 22.3. The molecule has 6 fully saturated rings. The number of allylic oxidation sites excluding steroid dienone is 4. The van der Waals surface area contributed by atoms with Crippen molar-refractivity contribution in [1.29, 1.82) is 0 Å². The first-order valence-electron chi connectivity index (χ1n) is 29.0. The number of hydrogen-bond acceptors (Lipinski definition) is 4. The Hall–Kier alpha value is -2.10. The maximum atomic E-state index is 13.0. The van der Waals surface area contributed by atoms with Gasteiger partial charge in [0.2, 0.25) is 0 Å². The van der Waals surface area contributed by atoms with Crippen LogP contribution >= 0.6 is 0 Å². The van der Waals surface area contributed by atoms with Gasteiger partial charge in [0.25, 0.3) is 0 Å². The van der Waals surface area contributed by atoms with Crippen LogP contribution in [0.2, 0.25) is 0 Å². The Kier molecular flexibility index (Phi) is 34.0. The quantitative estimate of drug-likeness (QED) is 0.101. The zero-order chi connectivity index (χ0) is 47.7. The number of esters is 2. The van der Waals surface area contributed by atoms with Gasteiger partial charge in [-0.05, 0) is 189 Å². The first-order chi connectivity index (χ1) is 32.0. The largest absolute Gasteiger partial charge is 0.462 e. The first kappa shape index (κ1) is 79.1. The minimum Gasteiger partial charge on any atom is -0.462 e. The van der Waals surface area contributed by atoms with E-state index in [0.717, 1.165) is 110 Å². The normalized spacial score (nSPS) is 35.8. The van der Waals surface area contributed by atoms with Gasteiger partial charge in [-0.3, -0.25) is 9.59 Å². The van der Waals surface area contributed by atoms with Crippen LogP contribution in [-0.2, 0) is 19.1 Å². The van der Waals surface area contributed by atoms with Crippen LogP contribution in [0.4, 0.5) is 0 Å². The third kappa shape index (κ3) is 16.6. The molecular weight excluding hydrogens is 941 g/mol. The summed E-state index contributed by atoms with van der Waals surface area (Å²) in [5.74, 6) is 9.87. The standard InChI is InChI=1S/C63H100O4.10CH4/c1-42(2)18-16-20-44(5)52-28-30-54-50-26-24-46-40-48(32-36-60(46,7)56(50)34-38-62(52,54)9)66-58(64)22-14-12-11-13-15-23-59(65)67-49-33-37-61(8)47(41-49)25-27-51-55-31-29-53(45(6)21-17-19-43(3)4)63(55,10)39-35-57(51)61;;;;;;;;;;/h12-15,24-25,42-45,48-57H,11,16-23,26-41H2,1-10H3;10*1H4. The average Bonchev–Trinajstić information content (AvgIpc) is 3.83. The van der Waals surface area contributed by atoms with Gasteiger partial charge in [0.05, 0.1) is 12.8 Å². The fourth-order valence-electron chi connectivity index (χ4n) is 18.6. The van der Waals surface area contributed by atoms with Crippen molar-refractivity contribution in [2.24, 2.45) is 92.7 Å². The van der Waals surface area contributed by atoms with Crippen LogP contribution in [0.3, 0.4) is 0 Å². The van der Waals surface area contributed by atoms with Crippen molar-refractivity contribution in [2.75, 3.05) is 0 Å². The van der Waals surface area contributed by atoms with Crippen LogP contribution in [0.15, 0.2) is 47.6 Å². The summed E-state index contributed by atoms with van der Waals surface area (Å²) in [4.78, 5) is 26.1. The second-order valence-corrected chi connectivity index (χ2v) is 26.9. The lowest BCUT2D eigenvalue weighted by Crippen LogP contribution is -2.51. The molecule has 0 saturated heterocycles. The molecule has 456 valence electrons. The molecule has 0 heterocycles. The molecule has 0 N–H and O–H groups in total. The van der Waals surface area contributed by atoms with Crippen LogP contribution in [0.5, 0.6) is 0 Å². The van der Waals surface area contributed by atoms with Gasteiger partial charge in [-0.15, -0.1) is 0 Å². The van der Waals surface area contributed by atoms with Gasteiger partial charge in [0.1, 0.15) is 12.2 Å². The van der Waals surface area contributed by atoms with E-state index in [4.69, 9.17) is 9.47 Å². The maximum Gasteiger partial charge on any atom is 0.309 e. The third-order valence-electron chi connectivity index (χ3n) is 22.3. The Morgan fingerprint density at radius 2 is 0.844 bits per heavy atom. The molecule has 8 aliphatic carbocycles. The molecule has 0 radical (unpaired) electrons. The summed E-state index contributed by atoms with van der Waals surface area (Å²) in [6.07, 6.45) is 42.7. The second-order valence-electron chi connectivity index (χ2n) is 26.9. The molecule has 8 aliphatic rings. The highest BCUT2D eigenvalue weighted by Gasteiger charge is 2.61. The summed E-state index contributed by atoms with van der Waals surface area (Å²) in [5.41, 5.74) is 4.74. The van der Waals surface area contributed by atoms with E-state index >= 15 is 0 Å². The monoisotopic (exact) mass is 1080 g/mol. The van der Waals surface area contributed by atoms with E-state index < -0.39 is 0 Å². The summed E-state index contributed by atoms with van der Waals surface area (Å²) in [6.45, 7) is 25.2. The number of fused-ring (bicyclic) bond motifs is 10. The minimum absolute atomic E-state index is 0. The number of ether oxygens (including phenoxy) is 2. The molecule has 0 aliphatic heterocycles. The van der Waals surface area contributed by atoms with Crippen molar-refractivity contribution in [2.45, 2.75) is 316 Å². The van der Waals surface area contributed by atoms with Gasteiger partial charge in [0, 0.05) is 12.8 Å². The molecule has 0 aromatic heterocycles. The molecule has 4 heteroatoms. The predicted molar refractivity (Wildman–Crippen MR) is 345 cm³/mol. The van der Waals surface area contributed by atoms with E-state index in [1.54, 1.807) is 11.1 Å². The summed E-state index contributed by atoms with van der Waals surface area (Å²) >= 11 is 0. The SMILES string of the molecule is C.C.C.C.C.C.C.C.C.C.CC(C)CCCC(C)C1CCC2C3CC=C4CC(OC(=O)CC=CCC=CCC(=O)OC5CCC6(C)C(=CCC7C6CCC6(C)C(C(C)CCCC(C)C)CCC76)C5)CCC4(C)C3CCC12C. The summed E-state index contributed by atoms with van der Waals surface area (Å²) in [5, 5.41) is 0. The van der Waals surface area contributed by atoms with Gasteiger partial charge in [0.15, 0.2) is 0 Å². The molecule has 6 saturated carbocycles. The number of rotatable bonds is 18. The Morgan fingerprint density at radius 3 is 1.19 bits per heavy atom. The lowest BCUT2D eigenvalue weighted by molar-refractivity contribution is -0.151. The Bertz CT molecular complexity index is 1700. The number of hydrogen-bond donors (Lipinski definition) is 0. The van der Waals surface area contributed by atoms with Gasteiger partial charge >= 0.3 is 11.9 Å². The molecule has 0 aromatic carbocycles. The van der Waals surface area contributed by atoms with Crippen LogP contribution in [-0.4, -0.2) is 24.1 Å². The van der Waals surface area contributed by atoms with Gasteiger partial charge in [-0.25, -0.2) is 0 Å². The molecule has 16 atom stereocenters. The summed E-state index contributed by atoms with van der Waals surface area (Å²) in [6, 6.07) is 0. The van der Waals surface area contributed by atoms with Gasteiger partial charge in [-0.1, -0.05) is 230 Å². The number of carbonyl (C=O) groups is 2. The fraction of sp³-hybridized carbons (Fsp3) is 0.863. The van der Waals surface area contributed by atoms with E-state index in [2.05, 4.69) is 81.4 Å². The summed E-state index contributed by atoms with van der Waals surface area (Å²) in [7, 11) is 0. The van der Waals surface area contributed by atoms with E-state index in [9.17, 15) is 9.59 Å². The minimum atomic E-state index is -0.113. The van der Waals surface area contributed by atoms with Crippen LogP contribution in [0.1, 0.15) is 304 Å². The molecule has 0 amide bonds. The predicted octanol–water partition coefficient (Wildman–Crippen LogP) is 23.5. The van der Waals surface area contributed by atoms with Crippen molar-refractivity contribution < 1.29 is 19.1 Å². The van der Waals surface area contributed by atoms with E-state index in [1.807, 2.05) is 24.3 Å². The van der Waals surface area contributed by atoms with Crippen LogP contribution in [0.25, 0.3) is 0 Å². The molecule has 4 nitrogen and oxygen atoms in total. The van der Waals surface area contributed by atoms with Crippen molar-refractivity contribution in [3.05, 3.63) is 47.6 Å². The van der Waals surface area contributed by atoms with E-state index in [1.165, 1.54) is 103 Å². The zero-order valence-corrected chi connectivity index (χ0v) is 44.9. The Labute approximate surface area is 485 Å². The van der Waals surface area contributed by atoms with Crippen molar-refractivity contribution in [1.82, 2.24) is 0 Å². The lowest BCUT2D eigenvalue weighted by atomic mass is 9.47. The Balaban J connectivity index is -0.00000548. The molecule has 8 rings (SSSR count). The highest BCUT2D eigenvalue weighted by Crippen LogP contribution is 2.69. The Morgan fingerprint density at radius 1 is 0.481 bits per heavy atom. The van der Waals surface area contributed by atoms with Crippen LogP contribution < -0.4 is 0 Å². The maximum absolute atomic E-state index is 13.0. The van der Waals surface area contributed by atoms with Gasteiger partial charge < -0.3 is 9.47 Å². The highest BCUT2D eigenvalue weighted by molar-refractivity contribution is 5.72. The summed E-state index contributed by atoms with van der Waals surface area (Å²) < 4.78 is 12.2. The molecule has 0 bridgehead atoms. The zero-order valence-electron chi connectivity index (χ0n) is 44.9. The van der Waals surface area contributed by atoms with E-state index in [0.29, 0.717) is 30.1 Å². The lowest BCUT2D eigenvalue weighted by Gasteiger charge is -2.58. The number of carbonyl (C=O) groups excluding carboxylic acids is 2.